The first-order valence-corrected chi connectivity index (χ1v) is 5.69. The SMILES string of the molecule is CCC(NC)C(=O)C(N)Cc1ccccc1. The van der Waals surface area contributed by atoms with Crippen LogP contribution in [-0.2, 0) is 11.2 Å². The lowest BCUT2D eigenvalue weighted by Crippen LogP contribution is -2.45. The molecule has 0 aliphatic rings. The normalized spacial score (nSPS) is 14.4. The van der Waals surface area contributed by atoms with E-state index in [0.29, 0.717) is 6.42 Å². The van der Waals surface area contributed by atoms with Crippen molar-refractivity contribution in [3.05, 3.63) is 35.9 Å². The van der Waals surface area contributed by atoms with Gasteiger partial charge in [0.05, 0.1) is 12.1 Å². The fourth-order valence-corrected chi connectivity index (χ4v) is 1.77. The van der Waals surface area contributed by atoms with E-state index in [9.17, 15) is 4.79 Å². The average molecular weight is 220 g/mol. The second kappa shape index (κ2) is 6.40. The third kappa shape index (κ3) is 3.43. The van der Waals surface area contributed by atoms with Gasteiger partial charge in [-0.3, -0.25) is 4.79 Å². The van der Waals surface area contributed by atoms with Gasteiger partial charge in [-0.15, -0.1) is 0 Å². The van der Waals surface area contributed by atoms with Crippen LogP contribution < -0.4 is 11.1 Å². The number of nitrogens with one attached hydrogen (secondary N) is 1. The van der Waals surface area contributed by atoms with Gasteiger partial charge in [0.25, 0.3) is 0 Å². The van der Waals surface area contributed by atoms with Crippen molar-refractivity contribution in [3.63, 3.8) is 0 Å². The monoisotopic (exact) mass is 220 g/mol. The molecule has 3 N–H and O–H groups in total. The Bertz CT molecular complexity index is 320. The van der Waals surface area contributed by atoms with Gasteiger partial charge in [-0.05, 0) is 25.5 Å². The molecule has 0 aliphatic heterocycles. The molecule has 0 spiro atoms. The van der Waals surface area contributed by atoms with Crippen LogP contribution in [0.4, 0.5) is 0 Å². The van der Waals surface area contributed by atoms with Crippen LogP contribution in [0.2, 0.25) is 0 Å². The first kappa shape index (κ1) is 12.9. The highest BCUT2D eigenvalue weighted by Gasteiger charge is 2.21. The predicted molar refractivity (Wildman–Crippen MR) is 66.3 cm³/mol. The average Bonchev–Trinajstić information content (AvgIpc) is 2.31. The summed E-state index contributed by atoms with van der Waals surface area (Å²) in [6, 6.07) is 9.32. The molecule has 0 heterocycles. The maximum absolute atomic E-state index is 11.9. The number of nitrogens with two attached hydrogens (primary N) is 1. The number of hydrogen-bond acceptors (Lipinski definition) is 3. The van der Waals surface area contributed by atoms with Crippen LogP contribution >= 0.6 is 0 Å². The van der Waals surface area contributed by atoms with Crippen molar-refractivity contribution in [3.8, 4) is 0 Å². The summed E-state index contributed by atoms with van der Waals surface area (Å²) in [6.07, 6.45) is 1.38. The molecule has 0 radical (unpaired) electrons. The van der Waals surface area contributed by atoms with E-state index in [1.807, 2.05) is 37.3 Å². The highest BCUT2D eigenvalue weighted by Crippen LogP contribution is 2.05. The van der Waals surface area contributed by atoms with E-state index in [-0.39, 0.29) is 11.8 Å². The van der Waals surface area contributed by atoms with E-state index in [2.05, 4.69) is 5.32 Å². The Balaban J connectivity index is 2.58. The van der Waals surface area contributed by atoms with E-state index in [1.165, 1.54) is 0 Å². The molecule has 16 heavy (non-hydrogen) atoms. The van der Waals surface area contributed by atoms with Crippen molar-refractivity contribution < 1.29 is 4.79 Å². The molecule has 0 fully saturated rings. The molecule has 1 aromatic rings. The minimum absolute atomic E-state index is 0.0915. The lowest BCUT2D eigenvalue weighted by molar-refractivity contribution is -0.122. The van der Waals surface area contributed by atoms with Crippen molar-refractivity contribution in [2.45, 2.75) is 31.8 Å². The molecular weight excluding hydrogens is 200 g/mol. The van der Waals surface area contributed by atoms with Gasteiger partial charge in [0.1, 0.15) is 0 Å². The number of carbonyl (C=O) groups is 1. The number of likely N-dealkylation sites (N-methyl/N-ethyl adjacent to an activating group) is 1. The molecule has 1 rings (SSSR count). The zero-order valence-electron chi connectivity index (χ0n) is 9.94. The second-order valence-corrected chi connectivity index (χ2v) is 3.95. The molecule has 0 saturated heterocycles. The Morgan fingerprint density at radius 1 is 1.38 bits per heavy atom. The summed E-state index contributed by atoms with van der Waals surface area (Å²) < 4.78 is 0. The van der Waals surface area contributed by atoms with Gasteiger partial charge >= 0.3 is 0 Å². The molecule has 0 aliphatic carbocycles. The van der Waals surface area contributed by atoms with Crippen molar-refractivity contribution in [1.82, 2.24) is 5.32 Å². The number of rotatable bonds is 6. The quantitative estimate of drug-likeness (QED) is 0.755. The number of carbonyl (C=O) groups excluding carboxylic acids is 1. The maximum Gasteiger partial charge on any atom is 0.166 e. The summed E-state index contributed by atoms with van der Waals surface area (Å²) >= 11 is 0. The molecule has 1 aromatic carbocycles. The molecule has 0 amide bonds. The summed E-state index contributed by atoms with van der Waals surface area (Å²) in [5, 5.41) is 2.99. The highest BCUT2D eigenvalue weighted by atomic mass is 16.1. The van der Waals surface area contributed by atoms with E-state index in [1.54, 1.807) is 7.05 Å². The molecular formula is C13H20N2O. The third-order valence-corrected chi connectivity index (χ3v) is 2.76. The van der Waals surface area contributed by atoms with Crippen LogP contribution in [-0.4, -0.2) is 24.9 Å². The second-order valence-electron chi connectivity index (χ2n) is 3.95. The van der Waals surface area contributed by atoms with Crippen LogP contribution in [0.5, 0.6) is 0 Å². The summed E-state index contributed by atoms with van der Waals surface area (Å²) in [6.45, 7) is 1.98. The van der Waals surface area contributed by atoms with Gasteiger partial charge in [0, 0.05) is 0 Å². The Kier molecular flexibility index (Phi) is 5.15. The van der Waals surface area contributed by atoms with Gasteiger partial charge in [-0.2, -0.15) is 0 Å². The van der Waals surface area contributed by atoms with E-state index < -0.39 is 6.04 Å². The lowest BCUT2D eigenvalue weighted by Gasteiger charge is -2.17. The lowest BCUT2D eigenvalue weighted by atomic mass is 9.97. The minimum atomic E-state index is -0.417. The van der Waals surface area contributed by atoms with Crippen molar-refractivity contribution in [1.29, 1.82) is 0 Å². The van der Waals surface area contributed by atoms with E-state index in [4.69, 9.17) is 5.73 Å². The summed E-state index contributed by atoms with van der Waals surface area (Å²) in [4.78, 5) is 11.9. The maximum atomic E-state index is 11.9. The minimum Gasteiger partial charge on any atom is -0.321 e. The molecule has 2 atom stereocenters. The molecule has 0 aromatic heterocycles. The van der Waals surface area contributed by atoms with E-state index >= 15 is 0 Å². The topological polar surface area (TPSA) is 55.1 Å². The van der Waals surface area contributed by atoms with Crippen LogP contribution in [0, 0.1) is 0 Å². The largest absolute Gasteiger partial charge is 0.321 e. The Labute approximate surface area is 97.0 Å². The number of ketones is 1. The molecule has 88 valence electrons. The third-order valence-electron chi connectivity index (χ3n) is 2.76. The fourth-order valence-electron chi connectivity index (χ4n) is 1.77. The van der Waals surface area contributed by atoms with Crippen molar-refractivity contribution >= 4 is 5.78 Å². The summed E-state index contributed by atoms with van der Waals surface area (Å²) in [7, 11) is 1.79. The summed E-state index contributed by atoms with van der Waals surface area (Å²) in [5.74, 6) is 0.0915. The van der Waals surface area contributed by atoms with Crippen molar-refractivity contribution in [2.75, 3.05) is 7.05 Å². The van der Waals surface area contributed by atoms with Crippen molar-refractivity contribution in [2.24, 2.45) is 5.73 Å². The molecule has 0 saturated carbocycles. The Morgan fingerprint density at radius 3 is 2.50 bits per heavy atom. The zero-order chi connectivity index (χ0) is 12.0. The number of Topliss-reactive ketones (excluding diaryl/α,β-unsaturated/α-hetero) is 1. The first-order chi connectivity index (χ1) is 7.69. The highest BCUT2D eigenvalue weighted by molar-refractivity contribution is 5.89. The molecule has 0 bridgehead atoms. The first-order valence-electron chi connectivity index (χ1n) is 5.69. The summed E-state index contributed by atoms with van der Waals surface area (Å²) in [5.41, 5.74) is 7.02. The van der Waals surface area contributed by atoms with Gasteiger partial charge in [0.2, 0.25) is 0 Å². The molecule has 2 unspecified atom stereocenters. The molecule has 3 nitrogen and oxygen atoms in total. The zero-order valence-corrected chi connectivity index (χ0v) is 9.94. The van der Waals surface area contributed by atoms with Gasteiger partial charge in [0.15, 0.2) is 5.78 Å². The van der Waals surface area contributed by atoms with Crippen LogP contribution in [0.3, 0.4) is 0 Å². The van der Waals surface area contributed by atoms with Gasteiger partial charge in [-0.25, -0.2) is 0 Å². The predicted octanol–water partition coefficient (Wildman–Crippen LogP) is 1.12. The van der Waals surface area contributed by atoms with Crippen LogP contribution in [0.15, 0.2) is 30.3 Å². The standard InChI is InChI=1S/C13H20N2O/c1-3-12(15-2)13(16)11(14)9-10-7-5-4-6-8-10/h4-8,11-12,15H,3,9,14H2,1-2H3. The fraction of sp³-hybridized carbons (Fsp3) is 0.462. The van der Waals surface area contributed by atoms with Gasteiger partial charge < -0.3 is 11.1 Å². The Morgan fingerprint density at radius 2 is 2.00 bits per heavy atom. The van der Waals surface area contributed by atoms with Crippen LogP contribution in [0.25, 0.3) is 0 Å². The van der Waals surface area contributed by atoms with Crippen LogP contribution in [0.1, 0.15) is 18.9 Å². The van der Waals surface area contributed by atoms with Gasteiger partial charge in [-0.1, -0.05) is 37.3 Å². The number of benzene rings is 1. The number of hydrogen-bond donors (Lipinski definition) is 2. The Hall–Kier alpha value is -1.19. The molecule has 3 heteroatoms. The smallest absolute Gasteiger partial charge is 0.166 e. The van der Waals surface area contributed by atoms with E-state index in [0.717, 1.165) is 12.0 Å².